The fourth-order valence-electron chi connectivity index (χ4n) is 3.17. The van der Waals surface area contributed by atoms with E-state index in [1.807, 2.05) is 50.2 Å². The van der Waals surface area contributed by atoms with Crippen molar-refractivity contribution in [2.75, 3.05) is 0 Å². The summed E-state index contributed by atoms with van der Waals surface area (Å²) in [5.41, 5.74) is 3.47. The fourth-order valence-corrected chi connectivity index (χ4v) is 3.17. The smallest absolute Gasteiger partial charge is 0.200 e. The van der Waals surface area contributed by atoms with E-state index in [9.17, 15) is 4.79 Å². The molecule has 0 saturated heterocycles. The molecule has 1 atom stereocenters. The zero-order chi connectivity index (χ0) is 16.9. The molecule has 0 spiro atoms. The van der Waals surface area contributed by atoms with Crippen LogP contribution in [0.15, 0.2) is 70.1 Å². The van der Waals surface area contributed by atoms with Crippen LogP contribution in [-0.4, -0.2) is 5.60 Å². The van der Waals surface area contributed by atoms with Crippen molar-refractivity contribution in [3.05, 3.63) is 76.7 Å². The minimum atomic E-state index is -0.451. The van der Waals surface area contributed by atoms with Gasteiger partial charge in [0, 0.05) is 12.0 Å². The molecule has 0 aliphatic carbocycles. The molecule has 3 nitrogen and oxygen atoms in total. The Morgan fingerprint density at radius 3 is 2.62 bits per heavy atom. The Labute approximate surface area is 140 Å². The van der Waals surface area contributed by atoms with Gasteiger partial charge in [0.25, 0.3) is 0 Å². The van der Waals surface area contributed by atoms with Gasteiger partial charge in [-0.1, -0.05) is 36.9 Å². The lowest BCUT2D eigenvalue weighted by Crippen LogP contribution is -2.30. The molecule has 3 heteroatoms. The number of ether oxygens (including phenoxy) is 1. The van der Waals surface area contributed by atoms with E-state index in [4.69, 9.17) is 9.15 Å². The predicted octanol–water partition coefficient (Wildman–Crippen LogP) is 4.73. The zero-order valence-corrected chi connectivity index (χ0v) is 13.8. The molecule has 24 heavy (non-hydrogen) atoms. The van der Waals surface area contributed by atoms with Crippen LogP contribution >= 0.6 is 0 Å². The second-order valence-electron chi connectivity index (χ2n) is 6.55. The Morgan fingerprint density at radius 1 is 1.17 bits per heavy atom. The molecule has 0 fully saturated rings. The van der Waals surface area contributed by atoms with Gasteiger partial charge in [-0.2, -0.15) is 0 Å². The van der Waals surface area contributed by atoms with Gasteiger partial charge in [0.1, 0.15) is 23.2 Å². The predicted molar refractivity (Wildman–Crippen MR) is 95.5 cm³/mol. The SMILES string of the molecule is C=C(C)C1(C)Cc2c(ccc3c(=O)c(-c4ccccc4)coc23)O1. The highest BCUT2D eigenvalue weighted by atomic mass is 16.5. The Morgan fingerprint density at radius 2 is 1.92 bits per heavy atom. The molecule has 2 aromatic carbocycles. The summed E-state index contributed by atoms with van der Waals surface area (Å²) in [6, 6.07) is 13.2. The average Bonchev–Trinajstić information content (AvgIpc) is 2.94. The van der Waals surface area contributed by atoms with Crippen LogP contribution in [0.2, 0.25) is 0 Å². The van der Waals surface area contributed by atoms with E-state index in [2.05, 4.69) is 6.58 Å². The van der Waals surface area contributed by atoms with Crippen LogP contribution in [-0.2, 0) is 6.42 Å². The molecule has 120 valence electrons. The number of fused-ring (bicyclic) bond motifs is 3. The maximum absolute atomic E-state index is 12.9. The van der Waals surface area contributed by atoms with Crippen LogP contribution in [0.4, 0.5) is 0 Å². The molecule has 0 radical (unpaired) electrons. The summed E-state index contributed by atoms with van der Waals surface area (Å²) in [6.07, 6.45) is 2.21. The van der Waals surface area contributed by atoms with Crippen molar-refractivity contribution in [2.45, 2.75) is 25.9 Å². The van der Waals surface area contributed by atoms with Gasteiger partial charge in [0.15, 0.2) is 0 Å². The van der Waals surface area contributed by atoms with E-state index in [-0.39, 0.29) is 5.43 Å². The lowest BCUT2D eigenvalue weighted by molar-refractivity contribution is 0.157. The molecule has 4 rings (SSSR count). The van der Waals surface area contributed by atoms with Crippen molar-refractivity contribution in [1.82, 2.24) is 0 Å². The molecular formula is C21H18O3. The lowest BCUT2D eigenvalue weighted by atomic mass is 9.92. The Bertz CT molecular complexity index is 1010. The highest BCUT2D eigenvalue weighted by Crippen LogP contribution is 2.41. The maximum atomic E-state index is 12.9. The first-order valence-corrected chi connectivity index (χ1v) is 7.97. The minimum absolute atomic E-state index is 0.0193. The minimum Gasteiger partial charge on any atom is -0.482 e. The molecule has 1 unspecified atom stereocenters. The van der Waals surface area contributed by atoms with Crippen molar-refractivity contribution in [2.24, 2.45) is 0 Å². The molecule has 3 aromatic rings. The van der Waals surface area contributed by atoms with Crippen molar-refractivity contribution in [3.63, 3.8) is 0 Å². The summed E-state index contributed by atoms with van der Waals surface area (Å²) in [4.78, 5) is 12.9. The summed E-state index contributed by atoms with van der Waals surface area (Å²) in [7, 11) is 0. The molecule has 0 N–H and O–H groups in total. The van der Waals surface area contributed by atoms with Crippen LogP contribution in [0.3, 0.4) is 0 Å². The van der Waals surface area contributed by atoms with E-state index in [0.29, 0.717) is 23.0 Å². The van der Waals surface area contributed by atoms with Gasteiger partial charge in [-0.05, 0) is 37.1 Å². The maximum Gasteiger partial charge on any atom is 0.200 e. The van der Waals surface area contributed by atoms with Crippen molar-refractivity contribution < 1.29 is 9.15 Å². The normalized spacial score (nSPS) is 19.1. The van der Waals surface area contributed by atoms with E-state index in [1.54, 1.807) is 12.3 Å². The molecule has 0 saturated carbocycles. The topological polar surface area (TPSA) is 39.4 Å². The summed E-state index contributed by atoms with van der Waals surface area (Å²) in [5.74, 6) is 0.767. The Kier molecular flexibility index (Phi) is 3.14. The van der Waals surface area contributed by atoms with Gasteiger partial charge >= 0.3 is 0 Å². The Hall–Kier alpha value is -2.81. The first-order valence-electron chi connectivity index (χ1n) is 7.97. The van der Waals surface area contributed by atoms with Gasteiger partial charge < -0.3 is 9.15 Å². The summed E-state index contributed by atoms with van der Waals surface area (Å²) < 4.78 is 11.9. The molecule has 1 aliphatic rings. The van der Waals surface area contributed by atoms with Crippen LogP contribution < -0.4 is 10.2 Å². The molecule has 1 aromatic heterocycles. The summed E-state index contributed by atoms with van der Waals surface area (Å²) >= 11 is 0. The third-order valence-electron chi connectivity index (χ3n) is 4.84. The van der Waals surface area contributed by atoms with Gasteiger partial charge in [0.2, 0.25) is 5.43 Å². The second kappa shape index (κ2) is 5.10. The van der Waals surface area contributed by atoms with Crippen molar-refractivity contribution in [3.8, 4) is 16.9 Å². The number of hydrogen-bond acceptors (Lipinski definition) is 3. The van der Waals surface area contributed by atoms with E-state index >= 15 is 0 Å². The number of rotatable bonds is 2. The van der Waals surface area contributed by atoms with Gasteiger partial charge in [0.05, 0.1) is 10.9 Å². The van der Waals surface area contributed by atoms with Crippen molar-refractivity contribution >= 4 is 11.0 Å². The van der Waals surface area contributed by atoms with Crippen LogP contribution in [0.1, 0.15) is 19.4 Å². The highest BCUT2D eigenvalue weighted by molar-refractivity contribution is 5.86. The molecule has 0 bridgehead atoms. The van der Waals surface area contributed by atoms with Crippen LogP contribution in [0, 0.1) is 0 Å². The first kappa shape index (κ1) is 14.8. The average molecular weight is 318 g/mol. The molecule has 1 aliphatic heterocycles. The van der Waals surface area contributed by atoms with Gasteiger partial charge in [-0.15, -0.1) is 0 Å². The summed E-state index contributed by atoms with van der Waals surface area (Å²) in [6.45, 7) is 7.99. The van der Waals surface area contributed by atoms with Crippen LogP contribution in [0.25, 0.3) is 22.1 Å². The molecular weight excluding hydrogens is 300 g/mol. The van der Waals surface area contributed by atoms with E-state index in [0.717, 1.165) is 22.4 Å². The first-order chi connectivity index (χ1) is 11.5. The van der Waals surface area contributed by atoms with Gasteiger partial charge in [-0.25, -0.2) is 0 Å². The zero-order valence-electron chi connectivity index (χ0n) is 13.8. The third-order valence-corrected chi connectivity index (χ3v) is 4.84. The number of hydrogen-bond donors (Lipinski definition) is 0. The standard InChI is InChI=1S/C21H18O3/c1-13(2)21(3)11-16-18(24-21)10-9-15-19(22)17(12-23-20(15)16)14-7-5-4-6-8-14/h4-10,12H,1,11H2,2-3H3. The summed E-state index contributed by atoms with van der Waals surface area (Å²) in [5, 5.41) is 0.588. The second-order valence-corrected chi connectivity index (χ2v) is 6.55. The number of benzene rings is 2. The van der Waals surface area contributed by atoms with E-state index < -0.39 is 5.60 Å². The van der Waals surface area contributed by atoms with Gasteiger partial charge in [-0.3, -0.25) is 4.79 Å². The molecule has 0 amide bonds. The molecule has 2 heterocycles. The quantitative estimate of drug-likeness (QED) is 0.641. The lowest BCUT2D eigenvalue weighted by Gasteiger charge is -2.23. The largest absolute Gasteiger partial charge is 0.482 e. The highest BCUT2D eigenvalue weighted by Gasteiger charge is 2.37. The van der Waals surface area contributed by atoms with E-state index in [1.165, 1.54) is 0 Å². The third kappa shape index (κ3) is 2.08. The van der Waals surface area contributed by atoms with Crippen LogP contribution in [0.5, 0.6) is 5.75 Å². The van der Waals surface area contributed by atoms with Crippen molar-refractivity contribution in [1.29, 1.82) is 0 Å². The Balaban J connectivity index is 1.91. The fraction of sp³-hybridized carbons (Fsp3) is 0.190. The monoisotopic (exact) mass is 318 g/mol.